The Morgan fingerprint density at radius 2 is 2.35 bits per heavy atom. The highest BCUT2D eigenvalue weighted by atomic mass is 35.5. The SMILES string of the molecule is CC(NC(=O)c1ccc(Cl)c([N+](=O)[O-])c1)C1CCCO1. The molecule has 7 heteroatoms. The molecule has 2 rings (SSSR count). The Balaban J connectivity index is 2.08. The van der Waals surface area contributed by atoms with Crippen LogP contribution >= 0.6 is 11.6 Å². The van der Waals surface area contributed by atoms with Crippen molar-refractivity contribution in [3.8, 4) is 0 Å². The maximum absolute atomic E-state index is 12.1. The Hall–Kier alpha value is -1.66. The molecule has 1 saturated heterocycles. The minimum atomic E-state index is -0.609. The lowest BCUT2D eigenvalue weighted by Gasteiger charge is -2.19. The first-order chi connectivity index (χ1) is 9.49. The Labute approximate surface area is 121 Å². The van der Waals surface area contributed by atoms with Crippen LogP contribution < -0.4 is 5.32 Å². The molecule has 1 aromatic rings. The van der Waals surface area contributed by atoms with Gasteiger partial charge in [0.1, 0.15) is 5.02 Å². The molecule has 0 aliphatic carbocycles. The molecule has 0 saturated carbocycles. The third-order valence-electron chi connectivity index (χ3n) is 3.29. The molecule has 6 nitrogen and oxygen atoms in total. The van der Waals surface area contributed by atoms with Crippen LogP contribution in [0.4, 0.5) is 5.69 Å². The van der Waals surface area contributed by atoms with Gasteiger partial charge in [-0.05, 0) is 31.9 Å². The lowest BCUT2D eigenvalue weighted by Crippen LogP contribution is -2.40. The second-order valence-corrected chi connectivity index (χ2v) is 5.14. The van der Waals surface area contributed by atoms with Crippen molar-refractivity contribution in [2.45, 2.75) is 31.9 Å². The molecule has 0 radical (unpaired) electrons. The fourth-order valence-corrected chi connectivity index (χ4v) is 2.36. The summed E-state index contributed by atoms with van der Waals surface area (Å²) in [6.07, 6.45) is 1.89. The number of rotatable bonds is 4. The van der Waals surface area contributed by atoms with E-state index in [9.17, 15) is 14.9 Å². The van der Waals surface area contributed by atoms with Crippen LogP contribution in [0.15, 0.2) is 18.2 Å². The fraction of sp³-hybridized carbons (Fsp3) is 0.462. The Bertz CT molecular complexity index is 529. The van der Waals surface area contributed by atoms with Crippen LogP contribution in [-0.2, 0) is 4.74 Å². The van der Waals surface area contributed by atoms with Crippen LogP contribution in [-0.4, -0.2) is 29.6 Å². The smallest absolute Gasteiger partial charge is 0.288 e. The summed E-state index contributed by atoms with van der Waals surface area (Å²) in [5, 5.41) is 13.6. The van der Waals surface area contributed by atoms with Gasteiger partial charge in [0.05, 0.1) is 17.1 Å². The molecule has 1 heterocycles. The van der Waals surface area contributed by atoms with E-state index in [2.05, 4.69) is 5.32 Å². The number of nitro groups is 1. The summed E-state index contributed by atoms with van der Waals surface area (Å²) in [4.78, 5) is 22.3. The van der Waals surface area contributed by atoms with E-state index in [0.29, 0.717) is 6.61 Å². The highest BCUT2D eigenvalue weighted by molar-refractivity contribution is 6.32. The summed E-state index contributed by atoms with van der Waals surface area (Å²) in [6.45, 7) is 2.56. The number of carbonyl (C=O) groups excluding carboxylic acids is 1. The van der Waals surface area contributed by atoms with Crippen LogP contribution in [0, 0.1) is 10.1 Å². The number of nitro benzene ring substituents is 1. The van der Waals surface area contributed by atoms with Gasteiger partial charge in [-0.25, -0.2) is 0 Å². The van der Waals surface area contributed by atoms with Crippen molar-refractivity contribution in [2.24, 2.45) is 0 Å². The van der Waals surface area contributed by atoms with E-state index < -0.39 is 4.92 Å². The number of carbonyl (C=O) groups is 1. The van der Waals surface area contributed by atoms with Gasteiger partial charge in [0.2, 0.25) is 0 Å². The summed E-state index contributed by atoms with van der Waals surface area (Å²) in [5.41, 5.74) is -0.0602. The molecule has 1 N–H and O–H groups in total. The van der Waals surface area contributed by atoms with Gasteiger partial charge < -0.3 is 10.1 Å². The Morgan fingerprint density at radius 1 is 1.60 bits per heavy atom. The molecule has 0 aromatic heterocycles. The molecular formula is C13H15ClN2O4. The van der Waals surface area contributed by atoms with Crippen molar-refractivity contribution in [2.75, 3.05) is 6.61 Å². The molecule has 20 heavy (non-hydrogen) atoms. The molecule has 0 bridgehead atoms. The largest absolute Gasteiger partial charge is 0.376 e. The van der Waals surface area contributed by atoms with E-state index in [1.165, 1.54) is 18.2 Å². The van der Waals surface area contributed by atoms with Crippen molar-refractivity contribution in [1.82, 2.24) is 5.32 Å². The zero-order chi connectivity index (χ0) is 14.7. The lowest BCUT2D eigenvalue weighted by atomic mass is 10.1. The number of hydrogen-bond acceptors (Lipinski definition) is 4. The number of benzene rings is 1. The molecule has 0 spiro atoms. The molecule has 1 aliphatic heterocycles. The van der Waals surface area contributed by atoms with Gasteiger partial charge in [-0.2, -0.15) is 0 Å². The third kappa shape index (κ3) is 3.26. The monoisotopic (exact) mass is 298 g/mol. The number of amides is 1. The van der Waals surface area contributed by atoms with E-state index in [-0.39, 0.29) is 34.3 Å². The van der Waals surface area contributed by atoms with Crippen LogP contribution in [0.25, 0.3) is 0 Å². The van der Waals surface area contributed by atoms with E-state index in [1.54, 1.807) is 0 Å². The fourth-order valence-electron chi connectivity index (χ4n) is 2.17. The normalized spacial score (nSPS) is 19.6. The average Bonchev–Trinajstić information content (AvgIpc) is 2.92. The van der Waals surface area contributed by atoms with Crippen molar-refractivity contribution < 1.29 is 14.5 Å². The maximum Gasteiger partial charge on any atom is 0.288 e. The first-order valence-electron chi connectivity index (χ1n) is 6.35. The first kappa shape index (κ1) is 14.7. The zero-order valence-corrected chi connectivity index (χ0v) is 11.7. The van der Waals surface area contributed by atoms with E-state index in [1.807, 2.05) is 6.92 Å². The summed E-state index contributed by atoms with van der Waals surface area (Å²) in [7, 11) is 0. The highest BCUT2D eigenvalue weighted by Crippen LogP contribution is 2.25. The second kappa shape index (κ2) is 6.19. The van der Waals surface area contributed by atoms with E-state index in [0.717, 1.165) is 12.8 Å². The number of nitrogens with zero attached hydrogens (tertiary/aromatic N) is 1. The Kier molecular flexibility index (Phi) is 4.57. The first-order valence-corrected chi connectivity index (χ1v) is 6.73. The molecule has 1 aromatic carbocycles. The van der Waals surface area contributed by atoms with Gasteiger partial charge in [0, 0.05) is 18.2 Å². The topological polar surface area (TPSA) is 81.5 Å². The van der Waals surface area contributed by atoms with E-state index >= 15 is 0 Å². The molecule has 1 aliphatic rings. The minimum absolute atomic E-state index is 0.00114. The van der Waals surface area contributed by atoms with Gasteiger partial charge in [-0.1, -0.05) is 11.6 Å². The lowest BCUT2D eigenvalue weighted by molar-refractivity contribution is -0.384. The predicted octanol–water partition coefficient (Wildman–Crippen LogP) is 2.55. The summed E-state index contributed by atoms with van der Waals surface area (Å²) in [5.74, 6) is -0.368. The second-order valence-electron chi connectivity index (χ2n) is 4.74. The quantitative estimate of drug-likeness (QED) is 0.684. The van der Waals surface area contributed by atoms with Crippen molar-refractivity contribution in [1.29, 1.82) is 0 Å². The number of halogens is 1. The maximum atomic E-state index is 12.1. The van der Waals surface area contributed by atoms with Gasteiger partial charge in [-0.15, -0.1) is 0 Å². The molecule has 1 amide bonds. The van der Waals surface area contributed by atoms with Gasteiger partial charge >= 0.3 is 0 Å². The number of hydrogen-bond donors (Lipinski definition) is 1. The predicted molar refractivity (Wildman–Crippen MR) is 74.0 cm³/mol. The zero-order valence-electron chi connectivity index (χ0n) is 11.0. The molecular weight excluding hydrogens is 284 g/mol. The van der Waals surface area contributed by atoms with Crippen molar-refractivity contribution in [3.05, 3.63) is 38.9 Å². The van der Waals surface area contributed by atoms with Crippen molar-refractivity contribution >= 4 is 23.2 Å². The summed E-state index contributed by atoms with van der Waals surface area (Å²) in [6, 6.07) is 3.86. The van der Waals surface area contributed by atoms with Gasteiger partial charge in [-0.3, -0.25) is 14.9 Å². The number of ether oxygens (including phenoxy) is 1. The van der Waals surface area contributed by atoms with Crippen LogP contribution in [0.2, 0.25) is 5.02 Å². The van der Waals surface area contributed by atoms with Gasteiger partial charge in [0.25, 0.3) is 11.6 Å². The molecule has 2 unspecified atom stereocenters. The average molecular weight is 299 g/mol. The van der Waals surface area contributed by atoms with Crippen LogP contribution in [0.5, 0.6) is 0 Å². The molecule has 108 valence electrons. The minimum Gasteiger partial charge on any atom is -0.376 e. The third-order valence-corrected chi connectivity index (χ3v) is 3.61. The highest BCUT2D eigenvalue weighted by Gasteiger charge is 2.24. The molecule has 2 atom stereocenters. The molecule has 1 fully saturated rings. The van der Waals surface area contributed by atoms with Crippen LogP contribution in [0.3, 0.4) is 0 Å². The Morgan fingerprint density at radius 3 is 2.95 bits per heavy atom. The summed E-state index contributed by atoms with van der Waals surface area (Å²) >= 11 is 5.71. The van der Waals surface area contributed by atoms with Crippen molar-refractivity contribution in [3.63, 3.8) is 0 Å². The number of nitrogens with one attached hydrogen (secondary N) is 1. The standard InChI is InChI=1S/C13H15ClN2O4/c1-8(12-3-2-6-20-12)15-13(17)9-4-5-10(14)11(7-9)16(18)19/h4-5,7-8,12H,2-3,6H2,1H3,(H,15,17). The van der Waals surface area contributed by atoms with Crippen LogP contribution in [0.1, 0.15) is 30.1 Å². The van der Waals surface area contributed by atoms with Gasteiger partial charge in [0.15, 0.2) is 0 Å². The van der Waals surface area contributed by atoms with E-state index in [4.69, 9.17) is 16.3 Å². The summed E-state index contributed by atoms with van der Waals surface area (Å²) < 4.78 is 5.49.